The molecule has 0 radical (unpaired) electrons. The third kappa shape index (κ3) is 1.99. The molecule has 3 N–H and O–H groups in total. The number of aliphatic hydroxyl groups is 1. The Morgan fingerprint density at radius 3 is 3.06 bits per heavy atom. The van der Waals surface area contributed by atoms with E-state index in [0.29, 0.717) is 30.5 Å². The number of nitrogens with zero attached hydrogens (tertiary/aromatic N) is 2. The number of nitrogens with two attached hydrogens (primary N) is 1. The third-order valence-corrected chi connectivity index (χ3v) is 2.85. The number of aryl methyl sites for hydroxylation is 1. The van der Waals surface area contributed by atoms with Crippen LogP contribution in [0.25, 0.3) is 0 Å². The Morgan fingerprint density at radius 1 is 1.71 bits per heavy atom. The van der Waals surface area contributed by atoms with E-state index in [2.05, 4.69) is 4.98 Å². The van der Waals surface area contributed by atoms with E-state index >= 15 is 0 Å². The quantitative estimate of drug-likeness (QED) is 0.703. The van der Waals surface area contributed by atoms with Crippen molar-refractivity contribution in [3.8, 4) is 0 Å². The minimum Gasteiger partial charge on any atom is -0.392 e. The van der Waals surface area contributed by atoms with Crippen LogP contribution in [0.4, 0.5) is 10.6 Å². The van der Waals surface area contributed by atoms with E-state index < -0.39 is 12.1 Å². The summed E-state index contributed by atoms with van der Waals surface area (Å²) in [5.74, 6) is 0.415. The number of pyridine rings is 1. The van der Waals surface area contributed by atoms with Crippen molar-refractivity contribution in [2.24, 2.45) is 5.73 Å². The van der Waals surface area contributed by atoms with Crippen LogP contribution >= 0.6 is 0 Å². The van der Waals surface area contributed by atoms with Crippen LogP contribution in [0, 0.1) is 0 Å². The number of anilines is 1. The van der Waals surface area contributed by atoms with Crippen molar-refractivity contribution in [1.29, 1.82) is 0 Å². The molecule has 1 aliphatic rings. The van der Waals surface area contributed by atoms with Crippen molar-refractivity contribution < 1.29 is 14.7 Å². The molecular formula is C11H13N3O3. The molecule has 6 nitrogen and oxygen atoms in total. The lowest BCUT2D eigenvalue weighted by atomic mass is 9.99. The van der Waals surface area contributed by atoms with Gasteiger partial charge < -0.3 is 15.6 Å². The standard InChI is InChI=1S/C11H13N3O3/c12-11(17)14-9(6-16)2-1-8-3-7(5-15)4-13-10(8)14/h3-4,6,9,15H,1-2,5H2,(H2,12,17). The highest BCUT2D eigenvalue weighted by atomic mass is 16.3. The van der Waals surface area contributed by atoms with Gasteiger partial charge in [-0.15, -0.1) is 0 Å². The maximum absolute atomic E-state index is 11.3. The molecule has 0 saturated carbocycles. The van der Waals surface area contributed by atoms with Crippen molar-refractivity contribution in [1.82, 2.24) is 4.98 Å². The summed E-state index contributed by atoms with van der Waals surface area (Å²) in [4.78, 5) is 27.5. The van der Waals surface area contributed by atoms with E-state index in [1.54, 1.807) is 6.07 Å². The van der Waals surface area contributed by atoms with Gasteiger partial charge >= 0.3 is 6.03 Å². The zero-order valence-corrected chi connectivity index (χ0v) is 9.17. The predicted octanol–water partition coefficient (Wildman–Crippen LogP) is -0.0273. The Balaban J connectivity index is 2.46. The van der Waals surface area contributed by atoms with Crippen LogP contribution in [0.2, 0.25) is 0 Å². The number of aldehydes is 1. The summed E-state index contributed by atoms with van der Waals surface area (Å²) < 4.78 is 0. The molecular weight excluding hydrogens is 222 g/mol. The fourth-order valence-corrected chi connectivity index (χ4v) is 2.03. The lowest BCUT2D eigenvalue weighted by Crippen LogP contribution is -2.48. The number of fused-ring (bicyclic) bond motifs is 1. The van der Waals surface area contributed by atoms with E-state index in [0.717, 1.165) is 5.56 Å². The largest absolute Gasteiger partial charge is 0.392 e. The third-order valence-electron chi connectivity index (χ3n) is 2.85. The Bertz CT molecular complexity index is 461. The first-order valence-electron chi connectivity index (χ1n) is 5.30. The number of primary amides is 1. The van der Waals surface area contributed by atoms with Gasteiger partial charge in [0.15, 0.2) is 0 Å². The first kappa shape index (κ1) is 11.5. The second kappa shape index (κ2) is 4.50. The Hall–Kier alpha value is -1.95. The fraction of sp³-hybridized carbons (Fsp3) is 0.364. The highest BCUT2D eigenvalue weighted by molar-refractivity contribution is 5.95. The molecule has 2 amide bonds. The van der Waals surface area contributed by atoms with Gasteiger partial charge in [0.2, 0.25) is 0 Å². The van der Waals surface area contributed by atoms with E-state index in [1.807, 2.05) is 0 Å². The Morgan fingerprint density at radius 2 is 2.47 bits per heavy atom. The second-order valence-electron chi connectivity index (χ2n) is 3.93. The number of aliphatic hydroxyl groups excluding tert-OH is 1. The number of hydrogen-bond acceptors (Lipinski definition) is 4. The summed E-state index contributed by atoms with van der Waals surface area (Å²) in [5.41, 5.74) is 6.76. The molecule has 2 heterocycles. The fourth-order valence-electron chi connectivity index (χ4n) is 2.03. The van der Waals surface area contributed by atoms with Crippen molar-refractivity contribution in [3.05, 3.63) is 23.4 Å². The van der Waals surface area contributed by atoms with E-state index in [4.69, 9.17) is 10.8 Å². The maximum atomic E-state index is 11.3. The SMILES string of the molecule is NC(=O)N1c2ncc(CO)cc2CCC1C=O. The van der Waals surface area contributed by atoms with E-state index in [-0.39, 0.29) is 6.61 Å². The average Bonchev–Trinajstić information content (AvgIpc) is 2.36. The highest BCUT2D eigenvalue weighted by Gasteiger charge is 2.30. The summed E-state index contributed by atoms with van der Waals surface area (Å²) in [6, 6.07) is 0.541. The molecule has 0 spiro atoms. The molecule has 0 fully saturated rings. The monoisotopic (exact) mass is 235 g/mol. The predicted molar refractivity (Wildman–Crippen MR) is 60.4 cm³/mol. The molecule has 1 aliphatic heterocycles. The van der Waals surface area contributed by atoms with Crippen LogP contribution in [0.5, 0.6) is 0 Å². The Labute approximate surface area is 98.1 Å². The van der Waals surface area contributed by atoms with Crippen LogP contribution in [0.15, 0.2) is 12.3 Å². The number of rotatable bonds is 2. The van der Waals surface area contributed by atoms with Gasteiger partial charge in [-0.1, -0.05) is 0 Å². The minimum absolute atomic E-state index is 0.103. The van der Waals surface area contributed by atoms with Gasteiger partial charge in [-0.25, -0.2) is 9.78 Å². The topological polar surface area (TPSA) is 96.5 Å². The van der Waals surface area contributed by atoms with Crippen LogP contribution in [-0.2, 0) is 17.8 Å². The number of urea groups is 1. The van der Waals surface area contributed by atoms with Crippen LogP contribution in [0.1, 0.15) is 17.5 Å². The molecule has 90 valence electrons. The summed E-state index contributed by atoms with van der Waals surface area (Å²) in [6.45, 7) is -0.103. The molecule has 0 saturated heterocycles. The summed E-state index contributed by atoms with van der Waals surface area (Å²) in [5, 5.41) is 9.01. The van der Waals surface area contributed by atoms with Gasteiger partial charge in [-0.2, -0.15) is 0 Å². The first-order valence-corrected chi connectivity index (χ1v) is 5.30. The summed E-state index contributed by atoms with van der Waals surface area (Å²) in [6.07, 6.45) is 3.34. The molecule has 1 unspecified atom stereocenters. The summed E-state index contributed by atoms with van der Waals surface area (Å²) in [7, 11) is 0. The first-order chi connectivity index (χ1) is 8.17. The molecule has 17 heavy (non-hydrogen) atoms. The highest BCUT2D eigenvalue weighted by Crippen LogP contribution is 2.28. The van der Waals surface area contributed by atoms with Gasteiger partial charge in [0.1, 0.15) is 12.1 Å². The number of hydrogen-bond donors (Lipinski definition) is 2. The van der Waals surface area contributed by atoms with Crippen molar-refractivity contribution >= 4 is 18.1 Å². The van der Waals surface area contributed by atoms with Gasteiger partial charge in [-0.05, 0) is 30.0 Å². The number of carbonyl (C=O) groups excluding carboxylic acids is 2. The molecule has 1 atom stereocenters. The zero-order chi connectivity index (χ0) is 12.4. The van der Waals surface area contributed by atoms with Crippen LogP contribution < -0.4 is 10.6 Å². The number of aromatic nitrogens is 1. The molecule has 0 bridgehead atoms. The van der Waals surface area contributed by atoms with Crippen molar-refractivity contribution in [2.45, 2.75) is 25.5 Å². The van der Waals surface area contributed by atoms with Gasteiger partial charge in [0.05, 0.1) is 12.6 Å². The Kier molecular flexibility index (Phi) is 3.06. The smallest absolute Gasteiger partial charge is 0.321 e. The van der Waals surface area contributed by atoms with Crippen LogP contribution in [-0.4, -0.2) is 28.4 Å². The molecule has 1 aromatic rings. The number of carbonyl (C=O) groups is 2. The molecule has 0 aliphatic carbocycles. The van der Waals surface area contributed by atoms with Gasteiger partial charge in [0.25, 0.3) is 0 Å². The minimum atomic E-state index is -0.688. The van der Waals surface area contributed by atoms with E-state index in [9.17, 15) is 9.59 Å². The molecule has 1 aromatic heterocycles. The van der Waals surface area contributed by atoms with Crippen molar-refractivity contribution in [2.75, 3.05) is 4.90 Å². The normalized spacial score (nSPS) is 18.6. The summed E-state index contributed by atoms with van der Waals surface area (Å²) >= 11 is 0. The van der Waals surface area contributed by atoms with E-state index in [1.165, 1.54) is 11.1 Å². The zero-order valence-electron chi connectivity index (χ0n) is 9.17. The molecule has 0 aromatic carbocycles. The van der Waals surface area contributed by atoms with Crippen LogP contribution in [0.3, 0.4) is 0 Å². The lowest BCUT2D eigenvalue weighted by molar-refractivity contribution is -0.109. The molecule has 6 heteroatoms. The maximum Gasteiger partial charge on any atom is 0.321 e. The van der Waals surface area contributed by atoms with Crippen molar-refractivity contribution in [3.63, 3.8) is 0 Å². The average molecular weight is 235 g/mol. The van der Waals surface area contributed by atoms with Gasteiger partial charge in [0, 0.05) is 6.20 Å². The molecule has 2 rings (SSSR count). The number of amides is 2. The van der Waals surface area contributed by atoms with Gasteiger partial charge in [-0.3, -0.25) is 4.90 Å². The lowest BCUT2D eigenvalue weighted by Gasteiger charge is -2.31. The second-order valence-corrected chi connectivity index (χ2v) is 3.93.